The van der Waals surface area contributed by atoms with Crippen LogP contribution in [-0.2, 0) is 6.18 Å². The molecular weight excluding hydrogens is 381 g/mol. The van der Waals surface area contributed by atoms with E-state index >= 15 is 0 Å². The smallest absolute Gasteiger partial charge is 0.328 e. The predicted octanol–water partition coefficient (Wildman–Crippen LogP) is 4.56. The quantitative estimate of drug-likeness (QED) is 0.659. The minimum Gasteiger partial charge on any atom is -0.328 e. The number of carbonyl (C=O) groups excluding carboxylic acids is 1. The number of rotatable bonds is 6. The van der Waals surface area contributed by atoms with E-state index in [0.717, 1.165) is 31.4 Å². The lowest BCUT2D eigenvalue weighted by Crippen LogP contribution is -2.34. The molecular formula is C21H25F3N4O. The third-order valence-corrected chi connectivity index (χ3v) is 5.04. The molecule has 0 spiro atoms. The Hall–Kier alpha value is -2.58. The molecule has 2 unspecified atom stereocenters. The van der Waals surface area contributed by atoms with Gasteiger partial charge in [0.1, 0.15) is 0 Å². The summed E-state index contributed by atoms with van der Waals surface area (Å²) in [5.41, 5.74) is 7.45. The molecule has 1 aliphatic rings. The van der Waals surface area contributed by atoms with E-state index in [0.29, 0.717) is 18.3 Å². The van der Waals surface area contributed by atoms with Crippen molar-refractivity contribution in [1.82, 2.24) is 15.8 Å². The lowest BCUT2D eigenvalue weighted by atomic mass is 10.00. The van der Waals surface area contributed by atoms with Crippen LogP contribution in [-0.4, -0.2) is 30.6 Å². The van der Waals surface area contributed by atoms with Crippen molar-refractivity contribution in [3.63, 3.8) is 0 Å². The van der Waals surface area contributed by atoms with Crippen molar-refractivity contribution < 1.29 is 18.0 Å². The second-order valence-electron chi connectivity index (χ2n) is 7.25. The van der Waals surface area contributed by atoms with E-state index in [1.165, 1.54) is 22.6 Å². The van der Waals surface area contributed by atoms with Crippen LogP contribution >= 0.6 is 0 Å². The van der Waals surface area contributed by atoms with Gasteiger partial charge in [-0.3, -0.25) is 10.9 Å². The highest BCUT2D eigenvalue weighted by Crippen LogP contribution is 2.30. The van der Waals surface area contributed by atoms with E-state index in [4.69, 9.17) is 0 Å². The maximum atomic E-state index is 12.6. The molecule has 2 aromatic rings. The van der Waals surface area contributed by atoms with Gasteiger partial charge in [0.05, 0.1) is 5.56 Å². The van der Waals surface area contributed by atoms with Gasteiger partial charge in [-0.15, -0.1) is 0 Å². The van der Waals surface area contributed by atoms with Gasteiger partial charge in [0, 0.05) is 31.4 Å². The summed E-state index contributed by atoms with van der Waals surface area (Å²) >= 11 is 0. The summed E-state index contributed by atoms with van der Waals surface area (Å²) in [4.78, 5) is 13.8. The summed E-state index contributed by atoms with van der Waals surface area (Å²) < 4.78 is 37.8. The molecule has 8 heteroatoms. The lowest BCUT2D eigenvalue weighted by Gasteiger charge is -2.19. The van der Waals surface area contributed by atoms with E-state index in [1.54, 1.807) is 7.05 Å². The molecule has 2 aromatic carbocycles. The van der Waals surface area contributed by atoms with Gasteiger partial charge in [0.15, 0.2) is 0 Å². The molecule has 156 valence electrons. The SMILES string of the molecule is CN(CCCC1CC(c2ccccc2)NN1)C(=O)Nc1ccc(C(F)(F)F)cc1. The fourth-order valence-corrected chi connectivity index (χ4v) is 3.35. The van der Waals surface area contributed by atoms with Crippen LogP contribution in [0.4, 0.5) is 23.7 Å². The first-order valence-corrected chi connectivity index (χ1v) is 9.58. The second-order valence-corrected chi connectivity index (χ2v) is 7.25. The topological polar surface area (TPSA) is 56.4 Å². The first kappa shape index (κ1) is 21.1. The number of nitrogens with zero attached hydrogens (tertiary/aromatic N) is 1. The Morgan fingerprint density at radius 3 is 2.45 bits per heavy atom. The van der Waals surface area contributed by atoms with Crippen molar-refractivity contribution in [2.75, 3.05) is 18.9 Å². The predicted molar refractivity (Wildman–Crippen MR) is 106 cm³/mol. The van der Waals surface area contributed by atoms with Crippen LogP contribution in [0.15, 0.2) is 54.6 Å². The largest absolute Gasteiger partial charge is 0.416 e. The van der Waals surface area contributed by atoms with Crippen LogP contribution in [0.3, 0.4) is 0 Å². The number of hydrogen-bond donors (Lipinski definition) is 3. The molecule has 1 saturated heterocycles. The highest BCUT2D eigenvalue weighted by atomic mass is 19.4. The van der Waals surface area contributed by atoms with Gasteiger partial charge in [-0.05, 0) is 49.1 Å². The highest BCUT2D eigenvalue weighted by Gasteiger charge is 2.30. The Bertz CT molecular complexity index is 796. The second kappa shape index (κ2) is 9.28. The number of amides is 2. The lowest BCUT2D eigenvalue weighted by molar-refractivity contribution is -0.137. The number of carbonyl (C=O) groups is 1. The Kier molecular flexibility index (Phi) is 6.76. The minimum atomic E-state index is -4.39. The summed E-state index contributed by atoms with van der Waals surface area (Å²) in [7, 11) is 1.67. The number of hydrogen-bond acceptors (Lipinski definition) is 3. The summed E-state index contributed by atoms with van der Waals surface area (Å²) in [5.74, 6) is 0. The molecule has 1 heterocycles. The summed E-state index contributed by atoms with van der Waals surface area (Å²) in [5, 5.41) is 2.62. The van der Waals surface area contributed by atoms with Gasteiger partial charge < -0.3 is 10.2 Å². The average molecular weight is 406 g/mol. The molecule has 0 radical (unpaired) electrons. The molecule has 2 amide bonds. The normalized spacial score (nSPS) is 19.2. The third kappa shape index (κ3) is 5.95. The van der Waals surface area contributed by atoms with Gasteiger partial charge in [0.2, 0.25) is 0 Å². The van der Waals surface area contributed by atoms with Crippen LogP contribution in [0.2, 0.25) is 0 Å². The molecule has 29 heavy (non-hydrogen) atoms. The molecule has 3 rings (SSSR count). The van der Waals surface area contributed by atoms with Crippen molar-refractivity contribution in [1.29, 1.82) is 0 Å². The summed E-state index contributed by atoms with van der Waals surface area (Å²) in [6, 6.07) is 14.9. The van der Waals surface area contributed by atoms with Crippen LogP contribution in [0.1, 0.15) is 36.4 Å². The standard InChI is InChI=1S/C21H25F3N4O/c1-28(20(29)25-17-11-9-16(10-12-17)21(22,23)24)13-5-8-18-14-19(27-26-18)15-6-3-2-4-7-15/h2-4,6-7,9-12,18-19,26-27H,5,8,13-14H2,1H3,(H,25,29). The number of anilines is 1. The zero-order valence-electron chi connectivity index (χ0n) is 16.2. The Morgan fingerprint density at radius 2 is 1.79 bits per heavy atom. The summed E-state index contributed by atoms with van der Waals surface area (Å²) in [6.07, 6.45) is -1.68. The Labute approximate surface area is 168 Å². The van der Waals surface area contributed by atoms with Gasteiger partial charge in [0.25, 0.3) is 0 Å². The van der Waals surface area contributed by atoms with Gasteiger partial charge >= 0.3 is 12.2 Å². The molecule has 0 aromatic heterocycles. The van der Waals surface area contributed by atoms with E-state index in [-0.39, 0.29) is 12.1 Å². The Balaban J connectivity index is 1.39. The highest BCUT2D eigenvalue weighted by molar-refractivity contribution is 5.89. The molecule has 1 aliphatic heterocycles. The minimum absolute atomic E-state index is 0.280. The van der Waals surface area contributed by atoms with Crippen molar-refractivity contribution in [2.24, 2.45) is 0 Å². The maximum absolute atomic E-state index is 12.6. The monoisotopic (exact) mass is 406 g/mol. The van der Waals surface area contributed by atoms with E-state index in [1.807, 2.05) is 18.2 Å². The van der Waals surface area contributed by atoms with Crippen LogP contribution < -0.4 is 16.2 Å². The number of nitrogens with one attached hydrogen (secondary N) is 3. The zero-order valence-corrected chi connectivity index (χ0v) is 16.2. The van der Waals surface area contributed by atoms with Gasteiger partial charge in [-0.25, -0.2) is 4.79 Å². The van der Waals surface area contributed by atoms with Crippen LogP contribution in [0.5, 0.6) is 0 Å². The number of hydrazine groups is 1. The van der Waals surface area contributed by atoms with Crippen LogP contribution in [0, 0.1) is 0 Å². The molecule has 0 aliphatic carbocycles. The van der Waals surface area contributed by atoms with Crippen molar-refractivity contribution in [3.8, 4) is 0 Å². The number of halogens is 3. The first-order valence-electron chi connectivity index (χ1n) is 9.58. The van der Waals surface area contributed by atoms with Gasteiger partial charge in [-0.2, -0.15) is 13.2 Å². The summed E-state index contributed by atoms with van der Waals surface area (Å²) in [6.45, 7) is 0.556. The molecule has 1 fully saturated rings. The first-order chi connectivity index (χ1) is 13.8. The number of benzene rings is 2. The average Bonchev–Trinajstić information content (AvgIpc) is 3.17. The van der Waals surface area contributed by atoms with Gasteiger partial charge in [-0.1, -0.05) is 30.3 Å². The maximum Gasteiger partial charge on any atom is 0.416 e. The van der Waals surface area contributed by atoms with Crippen molar-refractivity contribution in [2.45, 2.75) is 37.5 Å². The zero-order chi connectivity index (χ0) is 20.9. The fourth-order valence-electron chi connectivity index (χ4n) is 3.35. The third-order valence-electron chi connectivity index (χ3n) is 5.04. The van der Waals surface area contributed by atoms with Crippen molar-refractivity contribution in [3.05, 3.63) is 65.7 Å². The number of urea groups is 1. The molecule has 2 atom stereocenters. The number of alkyl halides is 3. The molecule has 0 bridgehead atoms. The fraction of sp³-hybridized carbons (Fsp3) is 0.381. The molecule has 3 N–H and O–H groups in total. The Morgan fingerprint density at radius 1 is 1.10 bits per heavy atom. The molecule has 5 nitrogen and oxygen atoms in total. The molecule has 0 saturated carbocycles. The van der Waals surface area contributed by atoms with Crippen LogP contribution in [0.25, 0.3) is 0 Å². The van der Waals surface area contributed by atoms with Crippen molar-refractivity contribution >= 4 is 11.7 Å². The van der Waals surface area contributed by atoms with E-state index < -0.39 is 11.7 Å². The van der Waals surface area contributed by atoms with E-state index in [2.05, 4.69) is 28.3 Å². The van der Waals surface area contributed by atoms with E-state index in [9.17, 15) is 18.0 Å².